The Balaban J connectivity index is 1.33. The summed E-state index contributed by atoms with van der Waals surface area (Å²) >= 11 is 0. The van der Waals surface area contributed by atoms with Gasteiger partial charge in [0, 0.05) is 55.0 Å². The first kappa shape index (κ1) is 30.6. The molecule has 5 aromatic rings. The van der Waals surface area contributed by atoms with Crippen LogP contribution in [0.4, 0.5) is 5.69 Å². The monoisotopic (exact) mass is 587 g/mol. The van der Waals surface area contributed by atoms with Gasteiger partial charge in [-0.15, -0.1) is 0 Å². The second-order valence-electron chi connectivity index (χ2n) is 12.5. The lowest BCUT2D eigenvalue weighted by Gasteiger charge is -2.20. The lowest BCUT2D eigenvalue weighted by molar-refractivity contribution is 0.00703. The zero-order valence-corrected chi connectivity index (χ0v) is 26.7. The minimum atomic E-state index is -0.563. The average molecular weight is 588 g/mol. The second-order valence-corrected chi connectivity index (χ2v) is 12.5. The number of carbonyl (C=O) groups is 2. The fraction of sp³-hybridized carbons (Fsp3) is 0.263. The highest BCUT2D eigenvalue weighted by Gasteiger charge is 2.21. The molecule has 226 valence electrons. The topological polar surface area (TPSA) is 63.6 Å². The molecular weight excluding hydrogens is 546 g/mol. The Morgan fingerprint density at radius 3 is 2.16 bits per heavy atom. The molecule has 5 rings (SSSR count). The van der Waals surface area contributed by atoms with Crippen molar-refractivity contribution in [3.05, 3.63) is 125 Å². The highest BCUT2D eigenvalue weighted by Crippen LogP contribution is 2.29. The molecule has 0 spiro atoms. The number of ether oxygens (including phenoxy) is 1. The smallest absolute Gasteiger partial charge is 0.339 e. The number of anilines is 1. The zero-order valence-electron chi connectivity index (χ0n) is 26.7. The van der Waals surface area contributed by atoms with E-state index in [4.69, 9.17) is 4.74 Å². The van der Waals surface area contributed by atoms with Crippen molar-refractivity contribution in [3.63, 3.8) is 0 Å². The molecule has 4 aromatic carbocycles. The summed E-state index contributed by atoms with van der Waals surface area (Å²) in [4.78, 5) is 28.0. The number of nitrogens with one attached hydrogen (secondary N) is 1. The van der Waals surface area contributed by atoms with Crippen molar-refractivity contribution < 1.29 is 14.3 Å². The molecule has 0 aliphatic rings. The van der Waals surface area contributed by atoms with Crippen LogP contribution in [-0.4, -0.2) is 36.1 Å². The number of nitrogens with zero attached hydrogens (tertiary/aromatic N) is 2. The fourth-order valence-electron chi connectivity index (χ4n) is 5.41. The summed E-state index contributed by atoms with van der Waals surface area (Å²) in [6, 6.07) is 30.0. The molecule has 1 aromatic heterocycles. The molecule has 0 saturated heterocycles. The third-order valence-corrected chi connectivity index (χ3v) is 7.96. The van der Waals surface area contributed by atoms with Crippen LogP contribution < -0.4 is 10.2 Å². The van der Waals surface area contributed by atoms with E-state index in [1.807, 2.05) is 89.5 Å². The van der Waals surface area contributed by atoms with Crippen LogP contribution in [-0.2, 0) is 17.8 Å². The maximum Gasteiger partial charge on any atom is 0.339 e. The molecule has 0 atom stereocenters. The van der Waals surface area contributed by atoms with Crippen molar-refractivity contribution in [1.29, 1.82) is 0 Å². The van der Waals surface area contributed by atoms with E-state index < -0.39 is 5.60 Å². The largest absolute Gasteiger partial charge is 0.456 e. The van der Waals surface area contributed by atoms with Gasteiger partial charge in [-0.2, -0.15) is 0 Å². The predicted molar refractivity (Wildman–Crippen MR) is 179 cm³/mol. The molecule has 0 fully saturated rings. The van der Waals surface area contributed by atoms with Crippen LogP contribution in [0, 0.1) is 13.8 Å². The SMILES string of the molecule is Cc1c(C)n(Cc2ccc(-c3ccccc3C(=O)OC(C)(C)C)cc2)c2ccc(C(=O)NCc3ccc(N(C)C)cc3)cc12. The highest BCUT2D eigenvalue weighted by molar-refractivity contribution is 5.99. The van der Waals surface area contributed by atoms with Gasteiger partial charge >= 0.3 is 5.97 Å². The van der Waals surface area contributed by atoms with E-state index in [1.54, 1.807) is 0 Å². The minimum Gasteiger partial charge on any atom is -0.456 e. The van der Waals surface area contributed by atoms with Crippen LogP contribution >= 0.6 is 0 Å². The molecule has 44 heavy (non-hydrogen) atoms. The summed E-state index contributed by atoms with van der Waals surface area (Å²) in [5.74, 6) is -0.413. The van der Waals surface area contributed by atoms with Gasteiger partial charge in [0.05, 0.1) is 5.56 Å². The number of hydrogen-bond acceptors (Lipinski definition) is 4. The van der Waals surface area contributed by atoms with E-state index in [9.17, 15) is 9.59 Å². The summed E-state index contributed by atoms with van der Waals surface area (Å²) in [5.41, 5.74) is 9.20. The number of hydrogen-bond donors (Lipinski definition) is 1. The van der Waals surface area contributed by atoms with E-state index in [0.29, 0.717) is 24.2 Å². The second kappa shape index (κ2) is 12.4. The van der Waals surface area contributed by atoms with Gasteiger partial charge in [-0.25, -0.2) is 4.79 Å². The van der Waals surface area contributed by atoms with Crippen LogP contribution in [0.5, 0.6) is 0 Å². The van der Waals surface area contributed by atoms with Crippen molar-refractivity contribution in [2.24, 2.45) is 0 Å². The first-order valence-electron chi connectivity index (χ1n) is 15.0. The van der Waals surface area contributed by atoms with E-state index >= 15 is 0 Å². The maximum atomic E-state index is 13.1. The lowest BCUT2D eigenvalue weighted by Crippen LogP contribution is -2.24. The summed E-state index contributed by atoms with van der Waals surface area (Å²) in [7, 11) is 4.02. The summed E-state index contributed by atoms with van der Waals surface area (Å²) in [5, 5.41) is 4.14. The molecule has 6 nitrogen and oxygen atoms in total. The van der Waals surface area contributed by atoms with Crippen LogP contribution in [0.2, 0.25) is 0 Å². The van der Waals surface area contributed by atoms with Crippen molar-refractivity contribution in [1.82, 2.24) is 9.88 Å². The normalized spacial score (nSPS) is 11.4. The molecular formula is C38H41N3O3. The molecule has 0 aliphatic carbocycles. The number of carbonyl (C=O) groups excluding carboxylic acids is 2. The van der Waals surface area contributed by atoms with Crippen molar-refractivity contribution >= 4 is 28.5 Å². The standard InChI is InChI=1S/C38H41N3O3/c1-25-26(2)41(24-28-12-16-29(17-13-28)32-10-8-9-11-33(32)37(43)44-38(3,4)5)35-21-18-30(22-34(25)35)36(42)39-23-27-14-19-31(20-15-27)40(6)7/h8-22H,23-24H2,1-7H3,(H,39,42). The van der Waals surface area contributed by atoms with E-state index in [-0.39, 0.29) is 11.9 Å². The maximum absolute atomic E-state index is 13.1. The van der Waals surface area contributed by atoms with Gasteiger partial charge < -0.3 is 19.5 Å². The van der Waals surface area contributed by atoms with E-state index in [0.717, 1.165) is 50.1 Å². The zero-order chi connectivity index (χ0) is 31.6. The number of esters is 1. The first-order chi connectivity index (χ1) is 20.9. The Morgan fingerprint density at radius 2 is 1.50 bits per heavy atom. The van der Waals surface area contributed by atoms with E-state index in [1.165, 1.54) is 0 Å². The number of benzene rings is 4. The van der Waals surface area contributed by atoms with Gasteiger partial charge in [0.1, 0.15) is 5.60 Å². The number of aromatic nitrogens is 1. The number of rotatable bonds is 8. The third kappa shape index (κ3) is 6.70. The van der Waals surface area contributed by atoms with Gasteiger partial charge in [-0.1, -0.05) is 54.6 Å². The molecule has 1 N–H and O–H groups in total. The van der Waals surface area contributed by atoms with Crippen LogP contribution in [0.15, 0.2) is 91.0 Å². The number of amides is 1. The number of aryl methyl sites for hydroxylation is 1. The summed E-state index contributed by atoms with van der Waals surface area (Å²) in [6.45, 7) is 11.0. The number of fused-ring (bicyclic) bond motifs is 1. The van der Waals surface area contributed by atoms with Gasteiger partial charge in [0.25, 0.3) is 5.91 Å². The molecule has 0 radical (unpaired) electrons. The quantitative estimate of drug-likeness (QED) is 0.187. The fourth-order valence-corrected chi connectivity index (χ4v) is 5.41. The molecule has 6 heteroatoms. The highest BCUT2D eigenvalue weighted by atomic mass is 16.6. The molecule has 1 amide bonds. The molecule has 0 aliphatic heterocycles. The Labute approximate surface area is 260 Å². The van der Waals surface area contributed by atoms with Crippen LogP contribution in [0.1, 0.15) is 63.9 Å². The van der Waals surface area contributed by atoms with Gasteiger partial charge in [0.2, 0.25) is 0 Å². The molecule has 0 bridgehead atoms. The molecule has 0 saturated carbocycles. The van der Waals surface area contributed by atoms with Crippen LogP contribution in [0.3, 0.4) is 0 Å². The summed E-state index contributed by atoms with van der Waals surface area (Å²) in [6.07, 6.45) is 0. The summed E-state index contributed by atoms with van der Waals surface area (Å²) < 4.78 is 7.94. The Hall–Kier alpha value is -4.84. The Kier molecular flexibility index (Phi) is 8.63. The minimum absolute atomic E-state index is 0.0874. The predicted octanol–water partition coefficient (Wildman–Crippen LogP) is 7.92. The molecule has 0 unspecified atom stereocenters. The van der Waals surface area contributed by atoms with Gasteiger partial charge in [-0.3, -0.25) is 4.79 Å². The van der Waals surface area contributed by atoms with Crippen molar-refractivity contribution in [3.8, 4) is 11.1 Å². The third-order valence-electron chi connectivity index (χ3n) is 7.96. The van der Waals surface area contributed by atoms with Crippen molar-refractivity contribution in [2.45, 2.75) is 53.3 Å². The van der Waals surface area contributed by atoms with Gasteiger partial charge in [0.15, 0.2) is 0 Å². The van der Waals surface area contributed by atoms with Crippen LogP contribution in [0.25, 0.3) is 22.0 Å². The average Bonchev–Trinajstić information content (AvgIpc) is 3.23. The first-order valence-corrected chi connectivity index (χ1v) is 15.0. The molecule has 1 heterocycles. The lowest BCUT2D eigenvalue weighted by atomic mass is 9.98. The Bertz CT molecular complexity index is 1810. The van der Waals surface area contributed by atoms with E-state index in [2.05, 4.69) is 65.0 Å². The van der Waals surface area contributed by atoms with Crippen molar-refractivity contribution in [2.75, 3.05) is 19.0 Å². The van der Waals surface area contributed by atoms with Gasteiger partial charge in [-0.05, 0) is 98.8 Å². The Morgan fingerprint density at radius 1 is 0.841 bits per heavy atom.